The van der Waals surface area contributed by atoms with Crippen LogP contribution in [0.4, 0.5) is 0 Å². The molecule has 0 saturated heterocycles. The van der Waals surface area contributed by atoms with Gasteiger partial charge in [0.25, 0.3) is 0 Å². The lowest BCUT2D eigenvalue weighted by Crippen LogP contribution is -1.99. The molecule has 0 aliphatic rings. The maximum atomic E-state index is 10.3. The zero-order valence-corrected chi connectivity index (χ0v) is 11.9. The van der Waals surface area contributed by atoms with Crippen molar-refractivity contribution < 1.29 is 5.11 Å². The second kappa shape index (κ2) is 6.74. The molecule has 0 aliphatic carbocycles. The fourth-order valence-electron chi connectivity index (χ4n) is 2.12. The number of aryl methyl sites for hydroxylation is 1. The fourth-order valence-corrected chi connectivity index (χ4v) is 2.32. The standard InChI is InChI=1S/C17H19ClO/c1-2-3-5-13-8-10-14(11-9-13)17(19)15-6-4-7-16(18)12-15/h4,6-12,17,19H,2-3,5H2,1H3. The Morgan fingerprint density at radius 3 is 2.42 bits per heavy atom. The van der Waals surface area contributed by atoms with E-state index in [1.54, 1.807) is 6.07 Å². The smallest absolute Gasteiger partial charge is 0.104 e. The zero-order valence-electron chi connectivity index (χ0n) is 11.1. The molecule has 0 aliphatic heterocycles. The van der Waals surface area contributed by atoms with Gasteiger partial charge in [-0.2, -0.15) is 0 Å². The van der Waals surface area contributed by atoms with Gasteiger partial charge in [0.15, 0.2) is 0 Å². The van der Waals surface area contributed by atoms with Crippen LogP contribution in [-0.2, 0) is 6.42 Å². The molecule has 1 unspecified atom stereocenters. The van der Waals surface area contributed by atoms with Crippen LogP contribution in [0.1, 0.15) is 42.6 Å². The maximum Gasteiger partial charge on any atom is 0.104 e. The Labute approximate surface area is 119 Å². The first kappa shape index (κ1) is 14.1. The molecule has 0 aromatic heterocycles. The van der Waals surface area contributed by atoms with E-state index in [1.165, 1.54) is 18.4 Å². The van der Waals surface area contributed by atoms with E-state index >= 15 is 0 Å². The highest BCUT2D eigenvalue weighted by molar-refractivity contribution is 6.30. The molecule has 0 amide bonds. The SMILES string of the molecule is CCCCc1ccc(C(O)c2cccc(Cl)c2)cc1. The monoisotopic (exact) mass is 274 g/mol. The lowest BCUT2D eigenvalue weighted by Gasteiger charge is -2.12. The van der Waals surface area contributed by atoms with E-state index in [4.69, 9.17) is 11.6 Å². The molecule has 100 valence electrons. The van der Waals surface area contributed by atoms with E-state index in [0.29, 0.717) is 5.02 Å². The van der Waals surface area contributed by atoms with Gasteiger partial charge in [-0.25, -0.2) is 0 Å². The minimum Gasteiger partial charge on any atom is -0.384 e. The quantitative estimate of drug-likeness (QED) is 0.833. The maximum absolute atomic E-state index is 10.3. The summed E-state index contributed by atoms with van der Waals surface area (Å²) in [5, 5.41) is 11.0. The van der Waals surface area contributed by atoms with Crippen LogP contribution >= 0.6 is 11.6 Å². The van der Waals surface area contributed by atoms with Gasteiger partial charge in [0, 0.05) is 5.02 Å². The van der Waals surface area contributed by atoms with Crippen molar-refractivity contribution in [3.05, 3.63) is 70.2 Å². The summed E-state index contributed by atoms with van der Waals surface area (Å²) in [6, 6.07) is 15.5. The highest BCUT2D eigenvalue weighted by Crippen LogP contribution is 2.24. The first-order chi connectivity index (χ1) is 9.20. The predicted octanol–water partition coefficient (Wildman–Crippen LogP) is 4.76. The van der Waals surface area contributed by atoms with E-state index < -0.39 is 6.10 Å². The molecule has 2 aromatic carbocycles. The van der Waals surface area contributed by atoms with Gasteiger partial charge < -0.3 is 5.11 Å². The largest absolute Gasteiger partial charge is 0.384 e. The number of benzene rings is 2. The van der Waals surface area contributed by atoms with Crippen LogP contribution in [0.5, 0.6) is 0 Å². The van der Waals surface area contributed by atoms with E-state index in [2.05, 4.69) is 19.1 Å². The van der Waals surface area contributed by atoms with Crippen LogP contribution in [0.25, 0.3) is 0 Å². The molecule has 1 atom stereocenters. The molecule has 1 nitrogen and oxygen atoms in total. The third-order valence-corrected chi connectivity index (χ3v) is 3.51. The normalized spacial score (nSPS) is 12.4. The second-order valence-electron chi connectivity index (χ2n) is 4.80. The highest BCUT2D eigenvalue weighted by atomic mass is 35.5. The third-order valence-electron chi connectivity index (χ3n) is 3.28. The number of hydrogen-bond acceptors (Lipinski definition) is 1. The van der Waals surface area contributed by atoms with Crippen molar-refractivity contribution in [2.75, 3.05) is 0 Å². The van der Waals surface area contributed by atoms with Gasteiger partial charge in [0.2, 0.25) is 0 Å². The summed E-state index contributed by atoms with van der Waals surface area (Å²) in [6.07, 6.45) is 2.89. The summed E-state index contributed by atoms with van der Waals surface area (Å²) in [6.45, 7) is 2.19. The van der Waals surface area contributed by atoms with Crippen molar-refractivity contribution in [2.24, 2.45) is 0 Å². The van der Waals surface area contributed by atoms with Crippen molar-refractivity contribution in [1.29, 1.82) is 0 Å². The van der Waals surface area contributed by atoms with E-state index in [0.717, 1.165) is 17.5 Å². The minimum absolute atomic E-state index is 0.612. The summed E-state index contributed by atoms with van der Waals surface area (Å²) in [5.41, 5.74) is 3.06. The zero-order chi connectivity index (χ0) is 13.7. The Morgan fingerprint density at radius 2 is 1.79 bits per heavy atom. The molecule has 2 aromatic rings. The average molecular weight is 275 g/mol. The molecular formula is C17H19ClO. The number of hydrogen-bond donors (Lipinski definition) is 1. The van der Waals surface area contributed by atoms with Crippen molar-refractivity contribution in [1.82, 2.24) is 0 Å². The molecule has 0 saturated carbocycles. The predicted molar refractivity (Wildman–Crippen MR) is 80.6 cm³/mol. The molecule has 1 N–H and O–H groups in total. The molecule has 0 fully saturated rings. The molecular weight excluding hydrogens is 256 g/mol. The van der Waals surface area contributed by atoms with Gasteiger partial charge in [-0.05, 0) is 41.7 Å². The number of rotatable bonds is 5. The fraction of sp³-hybridized carbons (Fsp3) is 0.294. The molecule has 0 bridgehead atoms. The van der Waals surface area contributed by atoms with Crippen LogP contribution in [0.2, 0.25) is 5.02 Å². The van der Waals surface area contributed by atoms with Gasteiger partial charge >= 0.3 is 0 Å². The first-order valence-electron chi connectivity index (χ1n) is 6.73. The summed E-state index contributed by atoms with van der Waals surface area (Å²) in [4.78, 5) is 0. The van der Waals surface area contributed by atoms with Crippen molar-refractivity contribution in [3.63, 3.8) is 0 Å². The average Bonchev–Trinajstić information content (AvgIpc) is 2.45. The van der Waals surface area contributed by atoms with E-state index in [-0.39, 0.29) is 0 Å². The van der Waals surface area contributed by atoms with E-state index in [1.807, 2.05) is 30.3 Å². The Kier molecular flexibility index (Phi) is 5.00. The number of aliphatic hydroxyl groups excluding tert-OH is 1. The van der Waals surface area contributed by atoms with Gasteiger partial charge in [-0.1, -0.05) is 61.3 Å². The molecule has 0 heterocycles. The molecule has 0 radical (unpaired) electrons. The van der Waals surface area contributed by atoms with Crippen molar-refractivity contribution in [3.8, 4) is 0 Å². The Bertz CT molecular complexity index is 519. The number of unbranched alkanes of at least 4 members (excludes halogenated alkanes) is 1. The molecule has 2 rings (SSSR count). The summed E-state index contributed by atoms with van der Waals surface area (Å²) < 4.78 is 0. The minimum atomic E-state index is -0.612. The van der Waals surface area contributed by atoms with Crippen molar-refractivity contribution >= 4 is 11.6 Å². The Balaban J connectivity index is 2.13. The summed E-state index contributed by atoms with van der Waals surface area (Å²) in [5.74, 6) is 0. The lowest BCUT2D eigenvalue weighted by molar-refractivity contribution is 0.220. The third kappa shape index (κ3) is 3.82. The van der Waals surface area contributed by atoms with Crippen LogP contribution < -0.4 is 0 Å². The number of halogens is 1. The van der Waals surface area contributed by atoms with Gasteiger partial charge in [-0.3, -0.25) is 0 Å². The van der Waals surface area contributed by atoms with Gasteiger partial charge in [-0.15, -0.1) is 0 Å². The van der Waals surface area contributed by atoms with Crippen molar-refractivity contribution in [2.45, 2.75) is 32.3 Å². The number of aliphatic hydroxyl groups is 1. The Hall–Kier alpha value is -1.31. The van der Waals surface area contributed by atoms with Crippen LogP contribution in [0.15, 0.2) is 48.5 Å². The van der Waals surface area contributed by atoms with Gasteiger partial charge in [0.1, 0.15) is 6.10 Å². The van der Waals surface area contributed by atoms with Crippen LogP contribution in [-0.4, -0.2) is 5.11 Å². The Morgan fingerprint density at radius 1 is 1.05 bits per heavy atom. The van der Waals surface area contributed by atoms with Gasteiger partial charge in [0.05, 0.1) is 0 Å². The molecule has 2 heteroatoms. The first-order valence-corrected chi connectivity index (χ1v) is 7.11. The van der Waals surface area contributed by atoms with E-state index in [9.17, 15) is 5.11 Å². The van der Waals surface area contributed by atoms with Crippen LogP contribution in [0.3, 0.4) is 0 Å². The summed E-state index contributed by atoms with van der Waals surface area (Å²) >= 11 is 5.95. The molecule has 0 spiro atoms. The topological polar surface area (TPSA) is 20.2 Å². The summed E-state index contributed by atoms with van der Waals surface area (Å²) in [7, 11) is 0. The lowest BCUT2D eigenvalue weighted by atomic mass is 9.99. The van der Waals surface area contributed by atoms with Crippen LogP contribution in [0, 0.1) is 0 Å². The second-order valence-corrected chi connectivity index (χ2v) is 5.24. The molecule has 19 heavy (non-hydrogen) atoms. The highest BCUT2D eigenvalue weighted by Gasteiger charge is 2.10.